The van der Waals surface area contributed by atoms with Crippen molar-refractivity contribution < 1.29 is 0 Å². The maximum atomic E-state index is 3.61. The molecule has 0 aromatic heterocycles. The topological polar surface area (TPSA) is 0 Å². The first kappa shape index (κ1) is 10.6. The average Bonchev–Trinajstić information content (AvgIpc) is 2.65. The second-order valence-electron chi connectivity index (χ2n) is 5.85. The predicted octanol–water partition coefficient (Wildman–Crippen LogP) is 4.36. The zero-order valence-corrected chi connectivity index (χ0v) is 10.7. The van der Waals surface area contributed by atoms with E-state index in [1.807, 2.05) is 0 Å². The summed E-state index contributed by atoms with van der Waals surface area (Å²) in [7, 11) is 0. The van der Waals surface area contributed by atoms with E-state index in [1.165, 1.54) is 27.8 Å². The van der Waals surface area contributed by atoms with E-state index in [2.05, 4.69) is 63.2 Å². The molecular weight excluding hydrogens is 204 g/mol. The van der Waals surface area contributed by atoms with Crippen LogP contribution in [0.25, 0.3) is 11.1 Å². The molecule has 0 amide bonds. The third kappa shape index (κ3) is 1.68. The Balaban J connectivity index is 2.13. The van der Waals surface area contributed by atoms with Crippen LogP contribution in [0.3, 0.4) is 0 Å². The van der Waals surface area contributed by atoms with Crippen molar-refractivity contribution >= 4 is 0 Å². The van der Waals surface area contributed by atoms with E-state index in [-0.39, 0.29) is 5.41 Å². The van der Waals surface area contributed by atoms with Gasteiger partial charge in [-0.3, -0.25) is 0 Å². The summed E-state index contributed by atoms with van der Waals surface area (Å²) in [5.41, 5.74) is 7.05. The summed E-state index contributed by atoms with van der Waals surface area (Å²) in [6, 6.07) is 16.8. The Morgan fingerprint density at radius 2 is 1.71 bits per heavy atom. The van der Waals surface area contributed by atoms with E-state index in [0.717, 1.165) is 6.42 Å². The van der Waals surface area contributed by atoms with Gasteiger partial charge >= 0.3 is 0 Å². The quantitative estimate of drug-likeness (QED) is 0.529. The normalized spacial score (nSPS) is 13.4. The van der Waals surface area contributed by atoms with Crippen molar-refractivity contribution in [3.05, 3.63) is 59.2 Å². The highest BCUT2D eigenvalue weighted by molar-refractivity contribution is 5.76. The van der Waals surface area contributed by atoms with Crippen molar-refractivity contribution in [3.63, 3.8) is 0 Å². The molecule has 0 unspecified atom stereocenters. The van der Waals surface area contributed by atoms with Gasteiger partial charge in [-0.15, -0.1) is 0 Å². The van der Waals surface area contributed by atoms with Gasteiger partial charge in [-0.05, 0) is 45.7 Å². The lowest BCUT2D eigenvalue weighted by Gasteiger charge is -2.19. The van der Waals surface area contributed by atoms with Gasteiger partial charge in [0.2, 0.25) is 0 Å². The predicted molar refractivity (Wildman–Crippen MR) is 72.2 cm³/mol. The zero-order valence-electron chi connectivity index (χ0n) is 10.7. The molecule has 2 aromatic rings. The lowest BCUT2D eigenvalue weighted by atomic mass is 9.85. The molecule has 0 nitrogen and oxygen atoms in total. The first-order valence-electron chi connectivity index (χ1n) is 6.20. The van der Waals surface area contributed by atoms with Crippen LogP contribution in [0.5, 0.6) is 0 Å². The van der Waals surface area contributed by atoms with Crippen LogP contribution in [0, 0.1) is 6.07 Å². The van der Waals surface area contributed by atoms with E-state index in [4.69, 9.17) is 0 Å². The largest absolute Gasteiger partial charge is 0.0619 e. The second-order valence-corrected chi connectivity index (χ2v) is 5.85. The van der Waals surface area contributed by atoms with Gasteiger partial charge in [0.25, 0.3) is 0 Å². The van der Waals surface area contributed by atoms with Gasteiger partial charge < -0.3 is 0 Å². The molecule has 0 fully saturated rings. The van der Waals surface area contributed by atoms with Crippen LogP contribution < -0.4 is 0 Å². The number of hydrogen-bond donors (Lipinski definition) is 0. The summed E-state index contributed by atoms with van der Waals surface area (Å²) in [6.07, 6.45) is 1.04. The SMILES string of the molecule is CC(C)(C)c1[c]c2c(cc1)-c1ccccc1C2. The molecule has 85 valence electrons. The molecule has 0 N–H and O–H groups in total. The molecule has 3 rings (SSSR count). The zero-order chi connectivity index (χ0) is 12.0. The van der Waals surface area contributed by atoms with Gasteiger partial charge in [-0.2, -0.15) is 0 Å². The van der Waals surface area contributed by atoms with E-state index >= 15 is 0 Å². The summed E-state index contributed by atoms with van der Waals surface area (Å²) in [5, 5.41) is 0. The molecule has 0 atom stereocenters. The Labute approximate surface area is 103 Å². The van der Waals surface area contributed by atoms with Crippen LogP contribution in [-0.2, 0) is 11.8 Å². The van der Waals surface area contributed by atoms with E-state index in [9.17, 15) is 0 Å². The molecular formula is C17H17. The fourth-order valence-electron chi connectivity index (χ4n) is 2.50. The highest BCUT2D eigenvalue weighted by Crippen LogP contribution is 2.38. The summed E-state index contributed by atoms with van der Waals surface area (Å²) in [5.74, 6) is 0. The summed E-state index contributed by atoms with van der Waals surface area (Å²) in [4.78, 5) is 0. The fraction of sp³-hybridized carbons (Fsp3) is 0.294. The van der Waals surface area contributed by atoms with Gasteiger partial charge in [0.1, 0.15) is 0 Å². The van der Waals surface area contributed by atoms with Crippen LogP contribution in [0.2, 0.25) is 0 Å². The minimum Gasteiger partial charge on any atom is -0.0619 e. The maximum Gasteiger partial charge on any atom is -0.000718 e. The van der Waals surface area contributed by atoms with Crippen molar-refractivity contribution in [1.82, 2.24) is 0 Å². The number of benzene rings is 2. The van der Waals surface area contributed by atoms with Crippen LogP contribution >= 0.6 is 0 Å². The highest BCUT2D eigenvalue weighted by atomic mass is 14.2. The standard InChI is InChI=1S/C17H17/c1-17(2,3)14-8-9-16-13(11-14)10-12-6-4-5-7-15(12)16/h4-9H,10H2,1-3H3. The first-order chi connectivity index (χ1) is 8.05. The van der Waals surface area contributed by atoms with Crippen molar-refractivity contribution in [2.24, 2.45) is 0 Å². The Morgan fingerprint density at radius 1 is 0.941 bits per heavy atom. The summed E-state index contributed by atoms with van der Waals surface area (Å²) < 4.78 is 0. The van der Waals surface area contributed by atoms with Crippen molar-refractivity contribution in [3.8, 4) is 11.1 Å². The number of hydrogen-bond acceptors (Lipinski definition) is 0. The van der Waals surface area contributed by atoms with E-state index in [0.29, 0.717) is 0 Å². The van der Waals surface area contributed by atoms with Gasteiger partial charge in [0, 0.05) is 0 Å². The molecule has 0 spiro atoms. The van der Waals surface area contributed by atoms with Crippen molar-refractivity contribution in [1.29, 1.82) is 0 Å². The maximum absolute atomic E-state index is 3.61. The van der Waals surface area contributed by atoms with Crippen molar-refractivity contribution in [2.75, 3.05) is 0 Å². The minimum atomic E-state index is 0.184. The van der Waals surface area contributed by atoms with Crippen LogP contribution in [0.4, 0.5) is 0 Å². The van der Waals surface area contributed by atoms with Gasteiger partial charge in [0.05, 0.1) is 0 Å². The van der Waals surface area contributed by atoms with E-state index < -0.39 is 0 Å². The smallest absolute Gasteiger partial charge is 0.000718 e. The molecule has 0 heteroatoms. The van der Waals surface area contributed by atoms with Crippen LogP contribution in [0.1, 0.15) is 37.5 Å². The fourth-order valence-corrected chi connectivity index (χ4v) is 2.50. The molecule has 1 radical (unpaired) electrons. The molecule has 0 saturated heterocycles. The molecule has 17 heavy (non-hydrogen) atoms. The highest BCUT2D eigenvalue weighted by Gasteiger charge is 2.21. The number of fused-ring (bicyclic) bond motifs is 3. The Kier molecular flexibility index (Phi) is 2.16. The molecule has 2 aromatic carbocycles. The van der Waals surface area contributed by atoms with Gasteiger partial charge in [-0.1, -0.05) is 57.2 Å². The lowest BCUT2D eigenvalue weighted by molar-refractivity contribution is 0.588. The van der Waals surface area contributed by atoms with Gasteiger partial charge in [-0.25, -0.2) is 0 Å². The number of rotatable bonds is 0. The van der Waals surface area contributed by atoms with E-state index in [1.54, 1.807) is 0 Å². The van der Waals surface area contributed by atoms with Crippen molar-refractivity contribution in [2.45, 2.75) is 32.6 Å². The van der Waals surface area contributed by atoms with Gasteiger partial charge in [0.15, 0.2) is 0 Å². The Morgan fingerprint density at radius 3 is 2.47 bits per heavy atom. The summed E-state index contributed by atoms with van der Waals surface area (Å²) >= 11 is 0. The third-order valence-electron chi connectivity index (χ3n) is 3.51. The van der Waals surface area contributed by atoms with Crippen LogP contribution in [-0.4, -0.2) is 0 Å². The average molecular weight is 221 g/mol. The minimum absolute atomic E-state index is 0.184. The Hall–Kier alpha value is -1.56. The monoisotopic (exact) mass is 221 g/mol. The molecule has 0 aliphatic heterocycles. The third-order valence-corrected chi connectivity index (χ3v) is 3.51. The molecule has 0 saturated carbocycles. The molecule has 1 aliphatic carbocycles. The first-order valence-corrected chi connectivity index (χ1v) is 6.20. The van der Waals surface area contributed by atoms with Crippen LogP contribution in [0.15, 0.2) is 36.4 Å². The lowest BCUT2D eigenvalue weighted by Crippen LogP contribution is -2.11. The molecule has 1 aliphatic rings. The molecule has 0 bridgehead atoms. The summed E-state index contributed by atoms with van der Waals surface area (Å²) in [6.45, 7) is 6.73. The Bertz CT molecular complexity index is 571. The second kappa shape index (κ2) is 3.46. The molecule has 0 heterocycles.